The quantitative estimate of drug-likeness (QED) is 0.770. The van der Waals surface area contributed by atoms with E-state index in [2.05, 4.69) is 4.98 Å². The molecule has 90 valence electrons. The Hall–Kier alpha value is -2.23. The van der Waals surface area contributed by atoms with Gasteiger partial charge in [-0.3, -0.25) is 9.69 Å². The zero-order valence-electron chi connectivity index (χ0n) is 9.85. The highest BCUT2D eigenvalue weighted by Crippen LogP contribution is 2.27. The number of rotatable bonds is 1. The molecule has 0 saturated heterocycles. The van der Waals surface area contributed by atoms with E-state index < -0.39 is 0 Å². The second-order valence-electron chi connectivity index (χ2n) is 4.34. The molecule has 2 aromatic rings. The number of fused-ring (bicyclic) bond motifs is 1. The Bertz CT molecular complexity index is 639. The first-order chi connectivity index (χ1) is 8.66. The van der Waals surface area contributed by atoms with Gasteiger partial charge in [-0.1, -0.05) is 18.2 Å². The second-order valence-corrected chi connectivity index (χ2v) is 4.34. The first-order valence-corrected chi connectivity index (χ1v) is 5.69. The Morgan fingerprint density at radius 3 is 2.83 bits per heavy atom. The summed E-state index contributed by atoms with van der Waals surface area (Å²) >= 11 is 0. The molecule has 0 unspecified atom stereocenters. The molecule has 0 N–H and O–H groups in total. The van der Waals surface area contributed by atoms with Gasteiger partial charge in [-0.2, -0.15) is 0 Å². The van der Waals surface area contributed by atoms with Crippen LogP contribution in [0.15, 0.2) is 36.5 Å². The maximum atomic E-state index is 13.2. The number of nitrogens with zero attached hydrogens (tertiary/aromatic N) is 2. The molecular weight excluding hydrogens is 231 g/mol. The van der Waals surface area contributed by atoms with Crippen molar-refractivity contribution in [2.24, 2.45) is 0 Å². The molecule has 3 rings (SSSR count). The minimum atomic E-state index is -0.358. The number of anilines is 1. The molecule has 0 aliphatic carbocycles. The highest BCUT2D eigenvalue weighted by molar-refractivity contribution is 6.09. The number of benzene rings is 1. The van der Waals surface area contributed by atoms with E-state index in [9.17, 15) is 9.18 Å². The van der Waals surface area contributed by atoms with E-state index in [1.54, 1.807) is 24.0 Å². The van der Waals surface area contributed by atoms with Crippen molar-refractivity contribution in [3.63, 3.8) is 0 Å². The van der Waals surface area contributed by atoms with Crippen molar-refractivity contribution >= 4 is 11.7 Å². The van der Waals surface area contributed by atoms with Gasteiger partial charge >= 0.3 is 0 Å². The van der Waals surface area contributed by atoms with Crippen LogP contribution in [0.3, 0.4) is 0 Å². The van der Waals surface area contributed by atoms with Gasteiger partial charge in [0, 0.05) is 5.56 Å². The van der Waals surface area contributed by atoms with Crippen LogP contribution in [0.25, 0.3) is 0 Å². The first-order valence-electron chi connectivity index (χ1n) is 5.69. The van der Waals surface area contributed by atoms with Crippen LogP contribution >= 0.6 is 0 Å². The van der Waals surface area contributed by atoms with Crippen molar-refractivity contribution in [1.82, 2.24) is 4.98 Å². The summed E-state index contributed by atoms with van der Waals surface area (Å²) in [6.45, 7) is 2.15. The van der Waals surface area contributed by atoms with Crippen molar-refractivity contribution in [3.05, 3.63) is 59.0 Å². The summed E-state index contributed by atoms with van der Waals surface area (Å²) < 4.78 is 13.2. The molecule has 0 atom stereocenters. The monoisotopic (exact) mass is 242 g/mol. The van der Waals surface area contributed by atoms with E-state index in [0.717, 1.165) is 11.8 Å². The molecule has 4 heteroatoms. The molecule has 0 spiro atoms. The lowest BCUT2D eigenvalue weighted by molar-refractivity contribution is 0.0996. The molecule has 1 aliphatic rings. The van der Waals surface area contributed by atoms with E-state index in [-0.39, 0.29) is 11.7 Å². The van der Waals surface area contributed by atoms with Crippen LogP contribution < -0.4 is 4.90 Å². The van der Waals surface area contributed by atoms with E-state index in [1.807, 2.05) is 18.2 Å². The largest absolute Gasteiger partial charge is 0.288 e. The van der Waals surface area contributed by atoms with Gasteiger partial charge in [-0.25, -0.2) is 9.37 Å². The molecule has 0 bridgehead atoms. The van der Waals surface area contributed by atoms with Gasteiger partial charge in [0.15, 0.2) is 0 Å². The molecule has 1 amide bonds. The summed E-state index contributed by atoms with van der Waals surface area (Å²) in [5, 5.41) is 0. The number of aryl methyl sites for hydroxylation is 1. The predicted molar refractivity (Wildman–Crippen MR) is 65.9 cm³/mol. The number of carbonyl (C=O) groups excluding carboxylic acids is 1. The van der Waals surface area contributed by atoms with Gasteiger partial charge in [0.25, 0.3) is 5.91 Å². The van der Waals surface area contributed by atoms with Gasteiger partial charge in [0.1, 0.15) is 11.6 Å². The van der Waals surface area contributed by atoms with Crippen molar-refractivity contribution < 1.29 is 9.18 Å². The maximum Gasteiger partial charge on any atom is 0.260 e. The van der Waals surface area contributed by atoms with Crippen molar-refractivity contribution in [2.75, 3.05) is 4.90 Å². The minimum absolute atomic E-state index is 0.0795. The van der Waals surface area contributed by atoms with Gasteiger partial charge in [-0.05, 0) is 30.2 Å². The fraction of sp³-hybridized carbons (Fsp3) is 0.143. The van der Waals surface area contributed by atoms with Crippen molar-refractivity contribution in [2.45, 2.75) is 13.5 Å². The van der Waals surface area contributed by atoms with Crippen LogP contribution in [0.2, 0.25) is 0 Å². The third-order valence-corrected chi connectivity index (χ3v) is 3.13. The third kappa shape index (κ3) is 1.57. The van der Waals surface area contributed by atoms with Crippen LogP contribution in [0.5, 0.6) is 0 Å². The molecule has 2 heterocycles. The molecular formula is C14H11FN2O. The fourth-order valence-corrected chi connectivity index (χ4v) is 2.11. The van der Waals surface area contributed by atoms with E-state index in [1.165, 1.54) is 0 Å². The number of carbonyl (C=O) groups is 1. The molecule has 1 aromatic carbocycles. The molecule has 1 aliphatic heterocycles. The average Bonchev–Trinajstić information content (AvgIpc) is 2.71. The summed E-state index contributed by atoms with van der Waals surface area (Å²) in [6.07, 6.45) is 1.15. The molecule has 0 radical (unpaired) electrons. The number of halogens is 1. The van der Waals surface area contributed by atoms with Crippen LogP contribution in [-0.2, 0) is 6.54 Å². The number of pyridine rings is 1. The zero-order chi connectivity index (χ0) is 12.7. The fourth-order valence-electron chi connectivity index (χ4n) is 2.11. The highest BCUT2D eigenvalue weighted by atomic mass is 19.1. The average molecular weight is 242 g/mol. The first kappa shape index (κ1) is 10.9. The molecule has 0 saturated carbocycles. The minimum Gasteiger partial charge on any atom is -0.288 e. The standard InChI is InChI=1S/C14H11FN2O/c1-9-6-13(16-7-12(9)15)17-8-10-4-2-3-5-11(10)14(17)18/h2-7H,8H2,1H3. The van der Waals surface area contributed by atoms with Gasteiger partial charge in [-0.15, -0.1) is 0 Å². The van der Waals surface area contributed by atoms with Crippen LogP contribution in [0, 0.1) is 12.7 Å². The molecule has 18 heavy (non-hydrogen) atoms. The molecule has 0 fully saturated rings. The Morgan fingerprint density at radius 1 is 1.33 bits per heavy atom. The van der Waals surface area contributed by atoms with Gasteiger partial charge in [0.05, 0.1) is 12.7 Å². The van der Waals surface area contributed by atoms with Crippen LogP contribution in [0.1, 0.15) is 21.5 Å². The van der Waals surface area contributed by atoms with E-state index in [0.29, 0.717) is 23.5 Å². The lowest BCUT2D eigenvalue weighted by Gasteiger charge is -2.14. The smallest absolute Gasteiger partial charge is 0.260 e. The molecule has 3 nitrogen and oxygen atoms in total. The number of amides is 1. The second kappa shape index (κ2) is 3.91. The lowest BCUT2D eigenvalue weighted by Crippen LogP contribution is -2.24. The Balaban J connectivity index is 2.01. The summed E-state index contributed by atoms with van der Waals surface area (Å²) in [5.41, 5.74) is 2.16. The topological polar surface area (TPSA) is 33.2 Å². The lowest BCUT2D eigenvalue weighted by atomic mass is 10.1. The van der Waals surface area contributed by atoms with Gasteiger partial charge < -0.3 is 0 Å². The van der Waals surface area contributed by atoms with E-state index >= 15 is 0 Å². The highest BCUT2D eigenvalue weighted by Gasteiger charge is 2.28. The zero-order valence-corrected chi connectivity index (χ0v) is 9.85. The van der Waals surface area contributed by atoms with Crippen molar-refractivity contribution in [1.29, 1.82) is 0 Å². The Morgan fingerprint density at radius 2 is 2.11 bits per heavy atom. The third-order valence-electron chi connectivity index (χ3n) is 3.13. The van der Waals surface area contributed by atoms with Crippen LogP contribution in [0.4, 0.5) is 10.2 Å². The number of aromatic nitrogens is 1. The predicted octanol–water partition coefficient (Wildman–Crippen LogP) is 2.69. The summed E-state index contributed by atoms with van der Waals surface area (Å²) in [4.78, 5) is 17.7. The van der Waals surface area contributed by atoms with Crippen LogP contribution in [-0.4, -0.2) is 10.9 Å². The summed E-state index contributed by atoms with van der Waals surface area (Å²) in [6, 6.07) is 9.05. The van der Waals surface area contributed by atoms with Gasteiger partial charge in [0.2, 0.25) is 0 Å². The van der Waals surface area contributed by atoms with Crippen molar-refractivity contribution in [3.8, 4) is 0 Å². The summed E-state index contributed by atoms with van der Waals surface area (Å²) in [7, 11) is 0. The SMILES string of the molecule is Cc1cc(N2Cc3ccccc3C2=O)ncc1F. The number of hydrogen-bond donors (Lipinski definition) is 0. The molecule has 1 aromatic heterocycles. The number of hydrogen-bond acceptors (Lipinski definition) is 2. The Labute approximate surface area is 104 Å². The normalized spacial score (nSPS) is 13.9. The van der Waals surface area contributed by atoms with E-state index in [4.69, 9.17) is 0 Å². The summed E-state index contributed by atoms with van der Waals surface area (Å²) in [5.74, 6) is 0.0575. The maximum absolute atomic E-state index is 13.2. The Kier molecular flexibility index (Phi) is 2.37.